The summed E-state index contributed by atoms with van der Waals surface area (Å²) in [4.78, 5) is 0. The Kier molecular flexibility index (Phi) is 4.41. The van der Waals surface area contributed by atoms with Crippen molar-refractivity contribution in [3.8, 4) is 12.1 Å². The lowest BCUT2D eigenvalue weighted by Crippen LogP contribution is -1.46. The number of rotatable bonds is 1. The van der Waals surface area contributed by atoms with Crippen LogP contribution in [0.4, 0.5) is 0 Å². The van der Waals surface area contributed by atoms with E-state index in [0.717, 1.165) is 0 Å². The van der Waals surface area contributed by atoms with Gasteiger partial charge in [0, 0.05) is 12.2 Å². The first-order valence-corrected chi connectivity index (χ1v) is 2.02. The fourth-order valence-electron chi connectivity index (χ4n) is 0.197. The van der Waals surface area contributed by atoms with Crippen molar-refractivity contribution in [3.63, 3.8) is 0 Å². The largest absolute Gasteiger partial charge is 0.193 e. The predicted molar refractivity (Wildman–Crippen MR) is 29.5 cm³/mol. The Labute approximate surface area is 48.0 Å². The predicted octanol–water partition coefficient (Wildman–Crippen LogP) is 1.15. The van der Waals surface area contributed by atoms with E-state index in [4.69, 9.17) is 10.5 Å². The van der Waals surface area contributed by atoms with Crippen LogP contribution < -0.4 is 0 Å². The molecule has 0 aromatic rings. The highest BCUT2D eigenvalue weighted by Gasteiger charge is 1.58. The van der Waals surface area contributed by atoms with E-state index in [1.54, 1.807) is 12.1 Å². The highest BCUT2D eigenvalue weighted by atomic mass is 14.2. The van der Waals surface area contributed by atoms with Crippen LogP contribution in [0.5, 0.6) is 0 Å². The van der Waals surface area contributed by atoms with Crippen molar-refractivity contribution in [3.05, 3.63) is 24.3 Å². The minimum absolute atomic E-state index is 1.30. The first kappa shape index (κ1) is 6.46. The summed E-state index contributed by atoms with van der Waals surface area (Å²) in [5.74, 6) is 0. The van der Waals surface area contributed by atoms with Crippen LogP contribution in [0.3, 0.4) is 0 Å². The zero-order valence-corrected chi connectivity index (χ0v) is 4.20. The molecule has 0 unspecified atom stereocenters. The van der Waals surface area contributed by atoms with Crippen LogP contribution in [0.25, 0.3) is 0 Å². The molecule has 0 heterocycles. The van der Waals surface area contributed by atoms with Gasteiger partial charge >= 0.3 is 0 Å². The first-order valence-electron chi connectivity index (χ1n) is 2.02. The molecule has 0 fully saturated rings. The van der Waals surface area contributed by atoms with Gasteiger partial charge in [0.25, 0.3) is 0 Å². The fourth-order valence-corrected chi connectivity index (χ4v) is 0.197. The monoisotopic (exact) mass is 104 g/mol. The maximum Gasteiger partial charge on any atom is 0.0912 e. The lowest BCUT2D eigenvalue weighted by molar-refractivity contribution is 1.53. The van der Waals surface area contributed by atoms with Gasteiger partial charge in [-0.05, 0) is 0 Å². The first-order chi connectivity index (χ1) is 3.91. The second-order valence-electron chi connectivity index (χ2n) is 0.976. The summed E-state index contributed by atoms with van der Waals surface area (Å²) in [5.41, 5.74) is 0. The van der Waals surface area contributed by atoms with Gasteiger partial charge in [0.05, 0.1) is 12.1 Å². The molecular weight excluding hydrogens is 100 g/mol. The average Bonchev–Trinajstić information content (AvgIpc) is 1.81. The zero-order chi connectivity index (χ0) is 6.24. The van der Waals surface area contributed by atoms with E-state index in [0.29, 0.717) is 0 Å². The van der Waals surface area contributed by atoms with Crippen molar-refractivity contribution in [2.75, 3.05) is 0 Å². The third kappa shape index (κ3) is 4.46. The summed E-state index contributed by atoms with van der Waals surface area (Å²) in [6.07, 6.45) is 5.61. The van der Waals surface area contributed by atoms with Gasteiger partial charge in [-0.3, -0.25) is 0 Å². The maximum absolute atomic E-state index is 7.91. The van der Waals surface area contributed by atoms with E-state index in [9.17, 15) is 0 Å². The minimum Gasteiger partial charge on any atom is -0.193 e. The molecule has 0 saturated carbocycles. The summed E-state index contributed by atoms with van der Waals surface area (Å²) in [7, 11) is 0. The Hall–Kier alpha value is -1.54. The van der Waals surface area contributed by atoms with E-state index in [1.165, 1.54) is 24.3 Å². The molecule has 0 amide bonds. The topological polar surface area (TPSA) is 47.6 Å². The van der Waals surface area contributed by atoms with Gasteiger partial charge in [-0.2, -0.15) is 10.5 Å². The van der Waals surface area contributed by atoms with Crippen LogP contribution in [0.15, 0.2) is 24.3 Å². The van der Waals surface area contributed by atoms with Crippen molar-refractivity contribution >= 4 is 0 Å². The van der Waals surface area contributed by atoms with Crippen molar-refractivity contribution in [2.45, 2.75) is 0 Å². The second-order valence-corrected chi connectivity index (χ2v) is 0.976. The number of hydrogen-bond acceptors (Lipinski definition) is 2. The SMILES string of the molecule is N#CC=CC=CC#N. The normalized spacial score (nSPS) is 9.25. The highest BCUT2D eigenvalue weighted by Crippen LogP contribution is 1.72. The fraction of sp³-hybridized carbons (Fsp3) is 0. The Bertz CT molecular complexity index is 154. The van der Waals surface area contributed by atoms with Gasteiger partial charge in [0.1, 0.15) is 0 Å². The highest BCUT2D eigenvalue weighted by molar-refractivity contribution is 5.16. The summed E-state index contributed by atoms with van der Waals surface area (Å²) in [6, 6.07) is 3.57. The van der Waals surface area contributed by atoms with Gasteiger partial charge in [-0.15, -0.1) is 0 Å². The molecule has 0 radical (unpaired) electrons. The summed E-state index contributed by atoms with van der Waals surface area (Å²) in [5, 5.41) is 15.8. The van der Waals surface area contributed by atoms with Crippen LogP contribution in [0.1, 0.15) is 0 Å². The summed E-state index contributed by atoms with van der Waals surface area (Å²) in [6.45, 7) is 0. The van der Waals surface area contributed by atoms with Crippen molar-refractivity contribution in [1.82, 2.24) is 0 Å². The molecule has 0 aliphatic heterocycles. The van der Waals surface area contributed by atoms with Crippen LogP contribution in [-0.4, -0.2) is 0 Å². The lowest BCUT2D eigenvalue weighted by atomic mass is 10.4. The van der Waals surface area contributed by atoms with E-state index in [2.05, 4.69) is 0 Å². The quantitative estimate of drug-likeness (QED) is 0.370. The molecular formula is C6H4N2. The van der Waals surface area contributed by atoms with Gasteiger partial charge in [0.2, 0.25) is 0 Å². The third-order valence-electron chi connectivity index (χ3n) is 0.453. The summed E-state index contributed by atoms with van der Waals surface area (Å²) < 4.78 is 0. The Morgan fingerprint density at radius 1 is 0.875 bits per heavy atom. The van der Waals surface area contributed by atoms with E-state index < -0.39 is 0 Å². The lowest BCUT2D eigenvalue weighted by Gasteiger charge is -1.59. The van der Waals surface area contributed by atoms with Gasteiger partial charge in [-0.1, -0.05) is 12.2 Å². The molecule has 0 spiro atoms. The maximum atomic E-state index is 7.91. The molecule has 0 atom stereocenters. The number of nitriles is 2. The molecule has 0 saturated heterocycles. The molecule has 0 aromatic heterocycles. The Balaban J connectivity index is 3.51. The van der Waals surface area contributed by atoms with E-state index in [-0.39, 0.29) is 0 Å². The average molecular weight is 104 g/mol. The second kappa shape index (κ2) is 5.46. The van der Waals surface area contributed by atoms with Crippen molar-refractivity contribution in [1.29, 1.82) is 10.5 Å². The molecule has 8 heavy (non-hydrogen) atoms. The smallest absolute Gasteiger partial charge is 0.0912 e. The van der Waals surface area contributed by atoms with Crippen molar-refractivity contribution < 1.29 is 0 Å². The third-order valence-corrected chi connectivity index (χ3v) is 0.453. The number of hydrogen-bond donors (Lipinski definition) is 0. The molecule has 2 nitrogen and oxygen atoms in total. The Morgan fingerprint density at radius 2 is 1.25 bits per heavy atom. The van der Waals surface area contributed by atoms with Crippen LogP contribution in [0.2, 0.25) is 0 Å². The molecule has 0 aliphatic rings. The van der Waals surface area contributed by atoms with E-state index >= 15 is 0 Å². The van der Waals surface area contributed by atoms with Gasteiger partial charge < -0.3 is 0 Å². The summed E-state index contributed by atoms with van der Waals surface area (Å²) >= 11 is 0. The Morgan fingerprint density at radius 3 is 1.50 bits per heavy atom. The van der Waals surface area contributed by atoms with E-state index in [1.807, 2.05) is 0 Å². The van der Waals surface area contributed by atoms with Gasteiger partial charge in [-0.25, -0.2) is 0 Å². The van der Waals surface area contributed by atoms with Crippen LogP contribution >= 0.6 is 0 Å². The molecule has 38 valence electrons. The molecule has 0 rings (SSSR count). The molecule has 0 aromatic carbocycles. The number of allylic oxidation sites excluding steroid dienone is 4. The van der Waals surface area contributed by atoms with Crippen LogP contribution in [0, 0.1) is 22.7 Å². The van der Waals surface area contributed by atoms with Crippen molar-refractivity contribution in [2.24, 2.45) is 0 Å². The zero-order valence-electron chi connectivity index (χ0n) is 4.20. The minimum atomic E-state index is 1.30. The molecule has 0 bridgehead atoms. The molecule has 0 aliphatic carbocycles. The standard InChI is InChI=1S/C6H4N2/c7-5-3-1-2-4-6-8/h1-4H. The molecule has 2 heteroatoms. The van der Waals surface area contributed by atoms with Crippen LogP contribution in [-0.2, 0) is 0 Å². The molecule has 0 N–H and O–H groups in total. The van der Waals surface area contributed by atoms with Gasteiger partial charge in [0.15, 0.2) is 0 Å². The number of nitrogens with zero attached hydrogens (tertiary/aromatic N) is 2.